The van der Waals surface area contributed by atoms with Gasteiger partial charge in [-0.15, -0.1) is 0 Å². The highest BCUT2D eigenvalue weighted by atomic mass is 31.2. The van der Waals surface area contributed by atoms with Crippen molar-refractivity contribution in [3.8, 4) is 0 Å². The van der Waals surface area contributed by atoms with Crippen molar-refractivity contribution in [1.82, 2.24) is 0 Å². The fourth-order valence-electron chi connectivity index (χ4n) is 2.92. The highest BCUT2D eigenvalue weighted by Crippen LogP contribution is 2.57. The van der Waals surface area contributed by atoms with E-state index in [4.69, 9.17) is 7.57 Å². The quantitative estimate of drug-likeness (QED) is 0.498. The minimum atomic E-state index is -1.89. The molecule has 0 heterocycles. The van der Waals surface area contributed by atoms with Crippen molar-refractivity contribution in [3.63, 3.8) is 0 Å². The van der Waals surface area contributed by atoms with Crippen LogP contribution >= 0.6 is 7.14 Å². The van der Waals surface area contributed by atoms with Gasteiger partial charge in [-0.1, -0.05) is 54.6 Å². The first-order valence-electron chi connectivity index (χ1n) is 7.35. The van der Waals surface area contributed by atoms with E-state index in [0.717, 1.165) is 0 Å². The second-order valence-corrected chi connectivity index (χ2v) is 9.29. The van der Waals surface area contributed by atoms with Gasteiger partial charge in [-0.3, -0.25) is 7.57 Å². The second-order valence-electron chi connectivity index (χ2n) is 5.70. The van der Waals surface area contributed by atoms with Gasteiger partial charge in [0.1, 0.15) is 0 Å². The van der Waals surface area contributed by atoms with Gasteiger partial charge in [0.25, 0.3) is 0 Å². The van der Waals surface area contributed by atoms with E-state index in [9.17, 15) is 0 Å². The van der Waals surface area contributed by atoms with E-state index in [0.29, 0.717) is 5.66 Å². The molecule has 0 saturated carbocycles. The Morgan fingerprint density at radius 2 is 1.38 bits per heavy atom. The van der Waals surface area contributed by atoms with Gasteiger partial charge in [0.15, 0.2) is 0 Å². The Morgan fingerprint density at radius 3 is 2.10 bits per heavy atom. The van der Waals surface area contributed by atoms with Crippen molar-refractivity contribution in [2.45, 2.75) is 19.5 Å². The van der Waals surface area contributed by atoms with Gasteiger partial charge in [-0.25, -0.2) is 0 Å². The maximum absolute atomic E-state index is 7.06. The molecule has 1 unspecified atom stereocenters. The first-order chi connectivity index (χ1) is 10.1. The van der Waals surface area contributed by atoms with Crippen LogP contribution in [-0.2, 0) is 0 Å². The Kier molecular flexibility index (Phi) is 3.87. The third-order valence-corrected chi connectivity index (χ3v) is 8.13. The van der Waals surface area contributed by atoms with Crippen LogP contribution in [0.3, 0.4) is 0 Å². The Labute approximate surface area is 128 Å². The molecular weight excluding hydrogens is 270 g/mol. The molecule has 0 spiro atoms. The van der Waals surface area contributed by atoms with Gasteiger partial charge in [-0.05, 0) is 37.4 Å². The summed E-state index contributed by atoms with van der Waals surface area (Å²) in [6, 6.07) is 25.6. The molecule has 0 aliphatic carbocycles. The lowest BCUT2D eigenvalue weighted by molar-refractivity contribution is 1.10. The molecule has 0 bridgehead atoms. The van der Waals surface area contributed by atoms with E-state index in [1.54, 1.807) is 0 Å². The molecule has 0 aliphatic heterocycles. The SMILES string of the molecule is [B-][P+](c1ccccc1)(c1cccc2ccccc12)C(C)C. The minimum Gasteiger partial charge on any atom is -0.291 e. The highest BCUT2D eigenvalue weighted by molar-refractivity contribution is 8.09. The zero-order valence-electron chi connectivity index (χ0n) is 12.5. The summed E-state index contributed by atoms with van der Waals surface area (Å²) in [5.74, 6) is 0. The number of fused-ring (bicyclic) bond motifs is 1. The van der Waals surface area contributed by atoms with Gasteiger partial charge in [0, 0.05) is 16.3 Å². The molecule has 21 heavy (non-hydrogen) atoms. The third-order valence-electron chi connectivity index (χ3n) is 4.16. The van der Waals surface area contributed by atoms with Crippen LogP contribution < -0.4 is 10.6 Å². The Morgan fingerprint density at radius 1 is 0.762 bits per heavy atom. The van der Waals surface area contributed by atoms with Crippen LogP contribution in [0.25, 0.3) is 10.8 Å². The molecular formula is C19H19BP. The zero-order chi connectivity index (χ0) is 14.9. The lowest BCUT2D eigenvalue weighted by atomic mass is 10.1. The molecule has 103 valence electrons. The minimum absolute atomic E-state index is 0.408. The molecule has 0 amide bonds. The summed E-state index contributed by atoms with van der Waals surface area (Å²) in [5.41, 5.74) is 0.408. The lowest BCUT2D eigenvalue weighted by Gasteiger charge is -2.41. The second kappa shape index (κ2) is 5.66. The Hall–Kier alpha value is -1.59. The van der Waals surface area contributed by atoms with Crippen LogP contribution in [0.2, 0.25) is 0 Å². The van der Waals surface area contributed by atoms with E-state index in [1.807, 2.05) is 0 Å². The van der Waals surface area contributed by atoms with Crippen molar-refractivity contribution in [2.75, 3.05) is 0 Å². The molecule has 0 aromatic heterocycles. The van der Waals surface area contributed by atoms with Crippen molar-refractivity contribution in [2.24, 2.45) is 0 Å². The third kappa shape index (κ3) is 2.41. The van der Waals surface area contributed by atoms with E-state index >= 15 is 0 Å². The predicted molar refractivity (Wildman–Crippen MR) is 97.5 cm³/mol. The number of hydrogen-bond acceptors (Lipinski definition) is 0. The van der Waals surface area contributed by atoms with Crippen LogP contribution in [-0.4, -0.2) is 13.2 Å². The Balaban J connectivity index is 2.31. The number of hydrogen-bond donors (Lipinski definition) is 0. The van der Waals surface area contributed by atoms with E-state index in [2.05, 4.69) is 86.6 Å². The van der Waals surface area contributed by atoms with E-state index < -0.39 is 7.14 Å². The highest BCUT2D eigenvalue weighted by Gasteiger charge is 2.29. The molecule has 0 N–H and O–H groups in total. The lowest BCUT2D eigenvalue weighted by Crippen LogP contribution is -2.29. The van der Waals surface area contributed by atoms with Crippen LogP contribution in [0.1, 0.15) is 13.8 Å². The summed E-state index contributed by atoms with van der Waals surface area (Å²) in [6.45, 7) is 4.48. The molecule has 0 fully saturated rings. The van der Waals surface area contributed by atoms with Gasteiger partial charge < -0.3 is 0 Å². The molecule has 0 saturated heterocycles. The fourth-order valence-corrected chi connectivity index (χ4v) is 5.95. The average Bonchev–Trinajstić information content (AvgIpc) is 2.54. The van der Waals surface area contributed by atoms with Crippen LogP contribution in [0.15, 0.2) is 72.8 Å². The van der Waals surface area contributed by atoms with Gasteiger partial charge in [-0.2, -0.15) is 7.14 Å². The maximum Gasteiger partial charge on any atom is 0.0547 e. The van der Waals surface area contributed by atoms with Crippen molar-refractivity contribution in [1.29, 1.82) is 0 Å². The average molecular weight is 289 g/mol. The maximum atomic E-state index is 7.06. The summed E-state index contributed by atoms with van der Waals surface area (Å²) in [5, 5.41) is 5.13. The van der Waals surface area contributed by atoms with E-state index in [-0.39, 0.29) is 0 Å². The predicted octanol–water partition coefficient (Wildman–Crippen LogP) is 4.30. The smallest absolute Gasteiger partial charge is 0.0547 e. The molecule has 3 aromatic carbocycles. The molecule has 3 radical (unpaired) electrons. The Bertz CT molecular complexity index is 746. The monoisotopic (exact) mass is 289 g/mol. The zero-order valence-corrected chi connectivity index (χ0v) is 13.4. The number of benzene rings is 3. The van der Waals surface area contributed by atoms with Crippen LogP contribution in [0, 0.1) is 0 Å². The van der Waals surface area contributed by atoms with Crippen LogP contribution in [0.5, 0.6) is 0 Å². The molecule has 3 aromatic rings. The van der Waals surface area contributed by atoms with Crippen molar-refractivity contribution >= 4 is 36.1 Å². The molecule has 1 atom stereocenters. The normalized spacial score (nSPS) is 14.3. The molecule has 2 heteroatoms. The summed E-state index contributed by atoms with van der Waals surface area (Å²) < 4.78 is 0. The van der Waals surface area contributed by atoms with Crippen molar-refractivity contribution in [3.05, 3.63) is 72.8 Å². The van der Waals surface area contributed by atoms with Gasteiger partial charge in [0.05, 0.1) is 5.30 Å². The summed E-state index contributed by atoms with van der Waals surface area (Å²) in [4.78, 5) is 0. The first-order valence-corrected chi connectivity index (χ1v) is 9.28. The first kappa shape index (κ1) is 14.4. The van der Waals surface area contributed by atoms with Crippen molar-refractivity contribution < 1.29 is 0 Å². The van der Waals surface area contributed by atoms with Crippen LogP contribution in [0.4, 0.5) is 0 Å². The summed E-state index contributed by atoms with van der Waals surface area (Å²) >= 11 is 0. The topological polar surface area (TPSA) is 0 Å². The van der Waals surface area contributed by atoms with Gasteiger partial charge >= 0.3 is 0 Å². The summed E-state index contributed by atoms with van der Waals surface area (Å²) in [7, 11) is 5.17. The molecule has 0 aliphatic rings. The number of rotatable bonds is 3. The van der Waals surface area contributed by atoms with Gasteiger partial charge in [0.2, 0.25) is 0 Å². The largest absolute Gasteiger partial charge is 0.291 e. The molecule has 0 nitrogen and oxygen atoms in total. The standard InChI is InChI=1S/C19H19BP/c1-15(2)21(20,17-11-4-3-5-12-17)19-14-8-10-16-9-6-7-13-18(16)19/h3-15H,1-2H3. The fraction of sp³-hybridized carbons (Fsp3) is 0.158. The van der Waals surface area contributed by atoms with E-state index in [1.165, 1.54) is 21.4 Å². The summed E-state index contributed by atoms with van der Waals surface area (Å²) in [6.07, 6.45) is 0. The molecule has 3 rings (SSSR count).